The molecule has 4 nitrogen and oxygen atoms in total. The van der Waals surface area contributed by atoms with E-state index in [0.29, 0.717) is 24.9 Å². The summed E-state index contributed by atoms with van der Waals surface area (Å²) in [6.45, 7) is 0.485. The van der Waals surface area contributed by atoms with Crippen molar-refractivity contribution < 1.29 is 18.7 Å². The van der Waals surface area contributed by atoms with Gasteiger partial charge in [0.1, 0.15) is 5.82 Å². The Kier molecular flexibility index (Phi) is 4.14. The zero-order valence-corrected chi connectivity index (χ0v) is 10.8. The number of methoxy groups -OCH3 is 1. The van der Waals surface area contributed by atoms with Crippen LogP contribution in [0.2, 0.25) is 0 Å². The van der Waals surface area contributed by atoms with E-state index in [0.717, 1.165) is 0 Å². The van der Waals surface area contributed by atoms with E-state index in [2.05, 4.69) is 0 Å². The summed E-state index contributed by atoms with van der Waals surface area (Å²) in [4.78, 5) is 24.8. The number of rotatable bonds is 3. The highest BCUT2D eigenvalue weighted by Crippen LogP contribution is 2.21. The summed E-state index contributed by atoms with van der Waals surface area (Å²) in [5, 5.41) is 0. The Morgan fingerprint density at radius 3 is 2.89 bits per heavy atom. The molecule has 2 rings (SSSR count). The van der Waals surface area contributed by atoms with Crippen molar-refractivity contribution in [1.29, 1.82) is 0 Å². The number of halogens is 1. The number of hydrogen-bond acceptors (Lipinski definition) is 3. The van der Waals surface area contributed by atoms with Gasteiger partial charge in [0.25, 0.3) is 0 Å². The van der Waals surface area contributed by atoms with Crippen LogP contribution in [0, 0.1) is 11.7 Å². The summed E-state index contributed by atoms with van der Waals surface area (Å²) in [7, 11) is 1.33. The van der Waals surface area contributed by atoms with Crippen LogP contribution in [0.5, 0.6) is 0 Å². The molecule has 1 fully saturated rings. The van der Waals surface area contributed by atoms with E-state index in [4.69, 9.17) is 4.74 Å². The van der Waals surface area contributed by atoms with Crippen molar-refractivity contribution in [2.45, 2.75) is 19.4 Å². The predicted octanol–water partition coefficient (Wildman–Crippen LogP) is 1.74. The monoisotopic (exact) mass is 265 g/mol. The molecule has 19 heavy (non-hydrogen) atoms. The van der Waals surface area contributed by atoms with Gasteiger partial charge in [-0.15, -0.1) is 0 Å². The van der Waals surface area contributed by atoms with Crippen LogP contribution in [0.4, 0.5) is 4.39 Å². The van der Waals surface area contributed by atoms with E-state index in [1.807, 2.05) is 0 Å². The number of carbonyl (C=O) groups excluding carboxylic acids is 2. The molecule has 1 aliphatic heterocycles. The number of ether oxygens (including phenoxy) is 1. The first-order chi connectivity index (χ1) is 9.11. The second-order valence-corrected chi connectivity index (χ2v) is 4.62. The highest BCUT2D eigenvalue weighted by Gasteiger charge is 2.31. The Morgan fingerprint density at radius 2 is 2.21 bits per heavy atom. The fourth-order valence-corrected chi connectivity index (χ4v) is 2.26. The number of nitrogens with zero attached hydrogens (tertiary/aromatic N) is 1. The number of likely N-dealkylation sites (tertiary alicyclic amines) is 1. The third-order valence-corrected chi connectivity index (χ3v) is 3.35. The largest absolute Gasteiger partial charge is 0.469 e. The van der Waals surface area contributed by atoms with E-state index in [9.17, 15) is 14.0 Å². The molecule has 0 aromatic heterocycles. The molecule has 102 valence electrons. The van der Waals surface area contributed by atoms with Crippen LogP contribution in [0.3, 0.4) is 0 Å². The zero-order valence-electron chi connectivity index (χ0n) is 10.8. The smallest absolute Gasteiger partial charge is 0.310 e. The van der Waals surface area contributed by atoms with Crippen molar-refractivity contribution in [1.82, 2.24) is 4.90 Å². The average molecular weight is 265 g/mol. The van der Waals surface area contributed by atoms with Crippen LogP contribution in [-0.2, 0) is 20.9 Å². The SMILES string of the molecule is COC(=O)C1CCC(=O)N(Cc2ccccc2F)C1. The lowest BCUT2D eigenvalue weighted by Crippen LogP contribution is -2.42. The number of benzene rings is 1. The Hall–Kier alpha value is -1.91. The molecule has 1 aliphatic rings. The number of piperidine rings is 1. The first-order valence-corrected chi connectivity index (χ1v) is 6.21. The van der Waals surface area contributed by atoms with Crippen molar-refractivity contribution in [3.8, 4) is 0 Å². The summed E-state index contributed by atoms with van der Waals surface area (Å²) in [5.41, 5.74) is 0.460. The van der Waals surface area contributed by atoms with Crippen LogP contribution in [0.15, 0.2) is 24.3 Å². The topological polar surface area (TPSA) is 46.6 Å². The van der Waals surface area contributed by atoms with Gasteiger partial charge in [0, 0.05) is 25.1 Å². The Morgan fingerprint density at radius 1 is 1.47 bits per heavy atom. The lowest BCUT2D eigenvalue weighted by atomic mass is 9.97. The molecule has 0 aliphatic carbocycles. The molecule has 1 atom stereocenters. The lowest BCUT2D eigenvalue weighted by molar-refractivity contribution is -0.150. The Bertz CT molecular complexity index is 489. The number of carbonyl (C=O) groups is 2. The van der Waals surface area contributed by atoms with Gasteiger partial charge in [0.2, 0.25) is 5.91 Å². The highest BCUT2D eigenvalue weighted by atomic mass is 19.1. The molecule has 1 heterocycles. The summed E-state index contributed by atoms with van der Waals surface area (Å²) in [6, 6.07) is 6.34. The minimum Gasteiger partial charge on any atom is -0.469 e. The molecular weight excluding hydrogens is 249 g/mol. The summed E-state index contributed by atoms with van der Waals surface area (Å²) < 4.78 is 18.3. The van der Waals surface area contributed by atoms with Gasteiger partial charge in [-0.2, -0.15) is 0 Å². The minimum atomic E-state index is -0.338. The summed E-state index contributed by atoms with van der Waals surface area (Å²) in [6.07, 6.45) is 0.799. The predicted molar refractivity (Wildman–Crippen MR) is 66.6 cm³/mol. The van der Waals surface area contributed by atoms with Crippen LogP contribution in [-0.4, -0.2) is 30.4 Å². The van der Waals surface area contributed by atoms with Crippen molar-refractivity contribution >= 4 is 11.9 Å². The third kappa shape index (κ3) is 3.10. The fourth-order valence-electron chi connectivity index (χ4n) is 2.26. The standard InChI is InChI=1S/C14H16FNO3/c1-19-14(18)11-6-7-13(17)16(9-11)8-10-4-2-3-5-12(10)15/h2-5,11H,6-9H2,1H3. The third-order valence-electron chi connectivity index (χ3n) is 3.35. The van der Waals surface area contributed by atoms with Gasteiger partial charge >= 0.3 is 5.97 Å². The van der Waals surface area contributed by atoms with Gasteiger partial charge in [0.05, 0.1) is 13.0 Å². The number of esters is 1. The second-order valence-electron chi connectivity index (χ2n) is 4.62. The molecule has 0 bridgehead atoms. The minimum absolute atomic E-state index is 0.0524. The molecular formula is C14H16FNO3. The molecule has 0 saturated carbocycles. The van der Waals surface area contributed by atoms with Crippen LogP contribution in [0.25, 0.3) is 0 Å². The lowest BCUT2D eigenvalue weighted by Gasteiger charge is -2.31. The van der Waals surface area contributed by atoms with Crippen LogP contribution < -0.4 is 0 Å². The van der Waals surface area contributed by atoms with Crippen LogP contribution >= 0.6 is 0 Å². The van der Waals surface area contributed by atoms with E-state index in [-0.39, 0.29) is 30.2 Å². The van der Waals surface area contributed by atoms with Gasteiger partial charge in [-0.3, -0.25) is 9.59 Å². The van der Waals surface area contributed by atoms with Gasteiger partial charge in [-0.25, -0.2) is 4.39 Å². The maximum absolute atomic E-state index is 13.6. The van der Waals surface area contributed by atoms with E-state index >= 15 is 0 Å². The normalized spacial score (nSPS) is 19.4. The molecule has 0 spiro atoms. The molecule has 1 aromatic rings. The van der Waals surface area contributed by atoms with Gasteiger partial charge in [0.15, 0.2) is 0 Å². The van der Waals surface area contributed by atoms with Crippen molar-refractivity contribution in [2.75, 3.05) is 13.7 Å². The molecule has 1 unspecified atom stereocenters. The molecule has 0 N–H and O–H groups in total. The van der Waals surface area contributed by atoms with E-state index in [1.54, 1.807) is 18.2 Å². The highest BCUT2D eigenvalue weighted by molar-refractivity contribution is 5.81. The molecule has 1 amide bonds. The number of hydrogen-bond donors (Lipinski definition) is 0. The van der Waals surface area contributed by atoms with E-state index < -0.39 is 0 Å². The molecule has 0 radical (unpaired) electrons. The quantitative estimate of drug-likeness (QED) is 0.782. The van der Waals surface area contributed by atoms with Gasteiger partial charge < -0.3 is 9.64 Å². The molecule has 5 heteroatoms. The van der Waals surface area contributed by atoms with Crippen molar-refractivity contribution in [3.05, 3.63) is 35.6 Å². The summed E-state index contributed by atoms with van der Waals surface area (Å²) in [5.74, 6) is -1.01. The maximum atomic E-state index is 13.6. The van der Waals surface area contributed by atoms with Crippen LogP contribution in [0.1, 0.15) is 18.4 Å². The van der Waals surface area contributed by atoms with Crippen molar-refractivity contribution in [2.24, 2.45) is 5.92 Å². The molecule has 1 aromatic carbocycles. The Labute approximate surface area is 111 Å². The van der Waals surface area contributed by atoms with Gasteiger partial charge in [-0.05, 0) is 12.5 Å². The first-order valence-electron chi connectivity index (χ1n) is 6.21. The van der Waals surface area contributed by atoms with Gasteiger partial charge in [-0.1, -0.05) is 18.2 Å². The van der Waals surface area contributed by atoms with E-state index in [1.165, 1.54) is 18.1 Å². The average Bonchev–Trinajstić information content (AvgIpc) is 2.42. The Balaban J connectivity index is 2.08. The fraction of sp³-hybridized carbons (Fsp3) is 0.429. The summed E-state index contributed by atoms with van der Waals surface area (Å²) >= 11 is 0. The first kappa shape index (κ1) is 13.5. The zero-order chi connectivity index (χ0) is 13.8. The maximum Gasteiger partial charge on any atom is 0.310 e. The number of amides is 1. The second kappa shape index (κ2) is 5.82. The molecule has 1 saturated heterocycles. The van der Waals surface area contributed by atoms with Crippen molar-refractivity contribution in [3.63, 3.8) is 0 Å².